The van der Waals surface area contributed by atoms with Gasteiger partial charge in [0.15, 0.2) is 5.82 Å². The van der Waals surface area contributed by atoms with E-state index in [-0.39, 0.29) is 0 Å². The van der Waals surface area contributed by atoms with E-state index in [4.69, 9.17) is 4.99 Å². The van der Waals surface area contributed by atoms with Gasteiger partial charge in [0, 0.05) is 54.1 Å². The van der Waals surface area contributed by atoms with E-state index in [0.29, 0.717) is 5.82 Å². The van der Waals surface area contributed by atoms with Crippen molar-refractivity contribution in [1.82, 2.24) is 19.7 Å². The fourth-order valence-corrected chi connectivity index (χ4v) is 6.60. The van der Waals surface area contributed by atoms with E-state index in [1.165, 1.54) is 4.88 Å². The van der Waals surface area contributed by atoms with Crippen molar-refractivity contribution in [2.24, 2.45) is 10.9 Å². The Balaban J connectivity index is 1.35. The lowest BCUT2D eigenvalue weighted by Gasteiger charge is -2.36. The van der Waals surface area contributed by atoms with E-state index < -0.39 is 17.9 Å². The molecule has 2 atom stereocenters. The number of aryl methyl sites for hydroxylation is 2. The fraction of sp³-hybridized carbons (Fsp3) is 0.345. The van der Waals surface area contributed by atoms with Crippen molar-refractivity contribution in [3.05, 3.63) is 81.9 Å². The normalized spacial score (nSPS) is 17.7. The maximum absolute atomic E-state index is 12.1. The Morgan fingerprint density at radius 3 is 2.38 bits per heavy atom. The second-order valence-corrected chi connectivity index (χ2v) is 11.4. The molecule has 39 heavy (non-hydrogen) atoms. The summed E-state index contributed by atoms with van der Waals surface area (Å²) >= 11 is 1.67. The summed E-state index contributed by atoms with van der Waals surface area (Å²) in [5.74, 6) is 0.654. The molecule has 0 aliphatic carbocycles. The van der Waals surface area contributed by atoms with Crippen molar-refractivity contribution < 1.29 is 9.90 Å². The van der Waals surface area contributed by atoms with Crippen LogP contribution in [0.3, 0.4) is 0 Å². The zero-order chi connectivity index (χ0) is 27.3. The van der Waals surface area contributed by atoms with Crippen LogP contribution >= 0.6 is 11.3 Å². The Morgan fingerprint density at radius 1 is 1.00 bits per heavy atom. The molecule has 9 nitrogen and oxygen atoms in total. The first kappa shape index (κ1) is 25.2. The SMILES string of the molecule is Cc1sc2c(c1C)C(c1ccc(N3CCN(c4ccccn4)CC3)cc1)=NC([C@H](C)C(=O)O)c1nnc(C)n1-2. The van der Waals surface area contributed by atoms with Crippen molar-refractivity contribution in [2.45, 2.75) is 33.7 Å². The summed E-state index contributed by atoms with van der Waals surface area (Å²) in [5.41, 5.74) is 5.11. The topological polar surface area (TPSA) is 99.7 Å². The van der Waals surface area contributed by atoms with E-state index in [1.54, 1.807) is 18.3 Å². The van der Waals surface area contributed by atoms with Gasteiger partial charge < -0.3 is 14.9 Å². The van der Waals surface area contributed by atoms with Crippen LogP contribution in [0, 0.1) is 26.7 Å². The maximum Gasteiger partial charge on any atom is 0.308 e. The zero-order valence-electron chi connectivity index (χ0n) is 22.5. The lowest BCUT2D eigenvalue weighted by molar-refractivity contribution is -0.141. The Bertz CT molecular complexity index is 1550. The minimum Gasteiger partial charge on any atom is -0.481 e. The van der Waals surface area contributed by atoms with E-state index in [0.717, 1.165) is 70.9 Å². The molecule has 1 fully saturated rings. The second kappa shape index (κ2) is 9.92. The van der Waals surface area contributed by atoms with Crippen LogP contribution in [-0.4, -0.2) is 62.7 Å². The molecule has 1 aromatic carbocycles. The molecule has 0 bridgehead atoms. The predicted octanol–water partition coefficient (Wildman–Crippen LogP) is 4.59. The van der Waals surface area contributed by atoms with Gasteiger partial charge in [-0.25, -0.2) is 4.98 Å². The number of carboxylic acids is 1. The van der Waals surface area contributed by atoms with Gasteiger partial charge >= 0.3 is 5.97 Å². The van der Waals surface area contributed by atoms with Gasteiger partial charge in [-0.15, -0.1) is 21.5 Å². The van der Waals surface area contributed by atoms with Crippen molar-refractivity contribution in [3.8, 4) is 5.00 Å². The number of aliphatic imine (C=N–C) groups is 1. The highest BCUT2D eigenvalue weighted by molar-refractivity contribution is 7.15. The number of anilines is 2. The van der Waals surface area contributed by atoms with Crippen LogP contribution in [0.15, 0.2) is 53.7 Å². The molecule has 5 heterocycles. The minimum atomic E-state index is -0.909. The van der Waals surface area contributed by atoms with Crippen LogP contribution in [0.1, 0.15) is 46.2 Å². The number of hydrogen-bond acceptors (Lipinski definition) is 8. The zero-order valence-corrected chi connectivity index (χ0v) is 23.3. The maximum atomic E-state index is 12.1. The number of piperazine rings is 1. The molecule has 4 aromatic rings. The third-order valence-electron chi connectivity index (χ3n) is 7.81. The number of benzene rings is 1. The van der Waals surface area contributed by atoms with Crippen molar-refractivity contribution in [1.29, 1.82) is 0 Å². The largest absolute Gasteiger partial charge is 0.481 e. The van der Waals surface area contributed by atoms with Crippen LogP contribution in [-0.2, 0) is 4.79 Å². The number of aliphatic carboxylic acids is 1. The fourth-order valence-electron chi connectivity index (χ4n) is 5.38. The summed E-state index contributed by atoms with van der Waals surface area (Å²) in [7, 11) is 0. The number of pyridine rings is 1. The number of hydrogen-bond donors (Lipinski definition) is 1. The standard InChI is InChI=1S/C29H31N7O2S/c1-17-19(3)39-28-24(17)26(31-25(18(2)29(37)38)27-33-32-20(4)36(27)28)21-8-10-22(11-9-21)34-13-15-35(16-14-34)23-7-5-6-12-30-23/h5-12,18,25H,13-16H2,1-4H3,(H,37,38)/t18-,25?/m0/s1. The number of carbonyl (C=O) groups is 1. The number of nitrogens with zero attached hydrogens (tertiary/aromatic N) is 7. The summed E-state index contributed by atoms with van der Waals surface area (Å²) in [6.45, 7) is 11.5. The number of fused-ring (bicyclic) bond motifs is 3. The van der Waals surface area contributed by atoms with Gasteiger partial charge in [0.2, 0.25) is 0 Å². The molecule has 2 aliphatic heterocycles. The molecule has 0 saturated carbocycles. The van der Waals surface area contributed by atoms with E-state index in [9.17, 15) is 9.90 Å². The second-order valence-electron chi connectivity index (χ2n) is 10.2. The third kappa shape index (κ3) is 4.38. The summed E-state index contributed by atoms with van der Waals surface area (Å²) in [4.78, 5) is 27.6. The highest BCUT2D eigenvalue weighted by Crippen LogP contribution is 2.40. The van der Waals surface area contributed by atoms with E-state index in [1.807, 2.05) is 29.8 Å². The quantitative estimate of drug-likeness (QED) is 0.395. The third-order valence-corrected chi connectivity index (χ3v) is 9.00. The highest BCUT2D eigenvalue weighted by Gasteiger charge is 2.36. The monoisotopic (exact) mass is 541 g/mol. The van der Waals surface area contributed by atoms with Crippen LogP contribution in [0.5, 0.6) is 0 Å². The molecular weight excluding hydrogens is 510 g/mol. The summed E-state index contributed by atoms with van der Waals surface area (Å²) in [6, 6.07) is 13.9. The van der Waals surface area contributed by atoms with E-state index in [2.05, 4.69) is 69.2 Å². The van der Waals surface area contributed by atoms with Gasteiger partial charge in [-0.3, -0.25) is 14.4 Å². The number of aromatic nitrogens is 4. The molecule has 6 rings (SSSR count). The molecule has 1 saturated heterocycles. The Labute approximate surface area is 231 Å². The van der Waals surface area contributed by atoms with Crippen LogP contribution in [0.4, 0.5) is 11.5 Å². The van der Waals surface area contributed by atoms with Crippen LogP contribution in [0.25, 0.3) is 5.00 Å². The molecule has 1 N–H and O–H groups in total. The van der Waals surface area contributed by atoms with Gasteiger partial charge in [0.25, 0.3) is 0 Å². The predicted molar refractivity (Wildman–Crippen MR) is 154 cm³/mol. The van der Waals surface area contributed by atoms with Crippen LogP contribution in [0.2, 0.25) is 0 Å². The summed E-state index contributed by atoms with van der Waals surface area (Å²) < 4.78 is 2.00. The Morgan fingerprint density at radius 2 is 1.72 bits per heavy atom. The molecule has 1 unspecified atom stereocenters. The molecule has 3 aromatic heterocycles. The number of carboxylic acid groups (broad SMARTS) is 1. The average Bonchev–Trinajstić information content (AvgIpc) is 3.43. The van der Waals surface area contributed by atoms with Gasteiger partial charge in [-0.05, 0) is 57.5 Å². The molecule has 10 heteroatoms. The van der Waals surface area contributed by atoms with Crippen LogP contribution < -0.4 is 9.80 Å². The van der Waals surface area contributed by atoms with Gasteiger partial charge in [0.1, 0.15) is 22.7 Å². The number of thiophene rings is 1. The number of rotatable bonds is 5. The van der Waals surface area contributed by atoms with Gasteiger partial charge in [0.05, 0.1) is 11.6 Å². The Hall–Kier alpha value is -4.05. The Kier molecular flexibility index (Phi) is 6.42. The molecule has 2 aliphatic rings. The first-order chi connectivity index (χ1) is 18.8. The molecular formula is C29H31N7O2S. The van der Waals surface area contributed by atoms with Gasteiger partial charge in [-0.1, -0.05) is 18.2 Å². The smallest absolute Gasteiger partial charge is 0.308 e. The highest BCUT2D eigenvalue weighted by atomic mass is 32.1. The lowest BCUT2D eigenvalue weighted by atomic mass is 9.98. The van der Waals surface area contributed by atoms with Crippen molar-refractivity contribution >= 4 is 34.5 Å². The molecule has 0 amide bonds. The first-order valence-corrected chi connectivity index (χ1v) is 14.0. The average molecular weight is 542 g/mol. The minimum absolute atomic E-state index is 0.572. The van der Waals surface area contributed by atoms with Crippen molar-refractivity contribution in [2.75, 3.05) is 36.0 Å². The molecule has 0 spiro atoms. The summed E-state index contributed by atoms with van der Waals surface area (Å²) in [5, 5.41) is 19.6. The van der Waals surface area contributed by atoms with Crippen molar-refractivity contribution in [3.63, 3.8) is 0 Å². The lowest BCUT2D eigenvalue weighted by Crippen LogP contribution is -2.46. The van der Waals surface area contributed by atoms with E-state index >= 15 is 0 Å². The molecule has 200 valence electrons. The first-order valence-electron chi connectivity index (χ1n) is 13.2. The van der Waals surface area contributed by atoms with Gasteiger partial charge in [-0.2, -0.15) is 0 Å². The summed E-state index contributed by atoms with van der Waals surface area (Å²) in [6.07, 6.45) is 1.84. The molecule has 0 radical (unpaired) electrons.